The Hall–Kier alpha value is -0.650. The average molecular weight is 245 g/mol. The van der Waals surface area contributed by atoms with Crippen molar-refractivity contribution in [2.24, 2.45) is 0 Å². The summed E-state index contributed by atoms with van der Waals surface area (Å²) in [5.74, 6) is -0.166. The van der Waals surface area contributed by atoms with Crippen molar-refractivity contribution >= 4 is 5.97 Å². The van der Waals surface area contributed by atoms with E-state index in [1.807, 2.05) is 6.92 Å². The summed E-state index contributed by atoms with van der Waals surface area (Å²) >= 11 is 0. The van der Waals surface area contributed by atoms with Crippen LogP contribution in [-0.2, 0) is 19.0 Å². The molecule has 5 nitrogen and oxygen atoms in total. The fraction of sp³-hybridized carbons (Fsp3) is 0.917. The molecule has 0 aromatic carbocycles. The van der Waals surface area contributed by atoms with Crippen LogP contribution in [0.3, 0.4) is 0 Å². The summed E-state index contributed by atoms with van der Waals surface area (Å²) in [6, 6.07) is 0. The molecule has 0 heterocycles. The molecule has 1 aliphatic rings. The monoisotopic (exact) mass is 245 g/mol. The maximum absolute atomic E-state index is 11.9. The van der Waals surface area contributed by atoms with Crippen molar-refractivity contribution in [3.8, 4) is 0 Å². The van der Waals surface area contributed by atoms with E-state index in [1.165, 1.54) is 0 Å². The Morgan fingerprint density at radius 3 is 2.82 bits per heavy atom. The van der Waals surface area contributed by atoms with Gasteiger partial charge in [-0.1, -0.05) is 0 Å². The van der Waals surface area contributed by atoms with Gasteiger partial charge in [-0.05, 0) is 26.8 Å². The molecule has 1 N–H and O–H groups in total. The van der Waals surface area contributed by atoms with Crippen LogP contribution < -0.4 is 5.32 Å². The maximum Gasteiger partial charge on any atom is 0.326 e. The Labute approximate surface area is 103 Å². The third-order valence-corrected chi connectivity index (χ3v) is 3.25. The van der Waals surface area contributed by atoms with E-state index in [9.17, 15) is 4.79 Å². The van der Waals surface area contributed by atoms with Gasteiger partial charge in [0.1, 0.15) is 5.54 Å². The molecule has 5 heteroatoms. The Bertz CT molecular complexity index is 247. The number of nitrogens with one attached hydrogen (secondary N) is 1. The van der Waals surface area contributed by atoms with Gasteiger partial charge in [0, 0.05) is 13.5 Å². The van der Waals surface area contributed by atoms with E-state index in [0.29, 0.717) is 26.2 Å². The summed E-state index contributed by atoms with van der Waals surface area (Å²) in [5.41, 5.74) is -0.562. The molecule has 1 saturated carbocycles. The Morgan fingerprint density at radius 1 is 1.47 bits per heavy atom. The van der Waals surface area contributed by atoms with Gasteiger partial charge in [0.2, 0.25) is 0 Å². The van der Waals surface area contributed by atoms with Crippen LogP contribution in [-0.4, -0.2) is 51.6 Å². The molecule has 2 unspecified atom stereocenters. The Morgan fingerprint density at radius 2 is 2.24 bits per heavy atom. The maximum atomic E-state index is 11.9. The molecule has 1 aliphatic carbocycles. The molecule has 0 radical (unpaired) electrons. The lowest BCUT2D eigenvalue weighted by atomic mass is 9.98. The van der Waals surface area contributed by atoms with Gasteiger partial charge < -0.3 is 19.5 Å². The first-order chi connectivity index (χ1) is 8.18. The molecule has 2 atom stereocenters. The van der Waals surface area contributed by atoms with Crippen LogP contribution in [0.4, 0.5) is 0 Å². The van der Waals surface area contributed by atoms with Crippen LogP contribution in [0, 0.1) is 0 Å². The first-order valence-electron chi connectivity index (χ1n) is 6.15. The number of hydrogen-bond donors (Lipinski definition) is 1. The molecular weight excluding hydrogens is 222 g/mol. The highest BCUT2D eigenvalue weighted by Gasteiger charge is 2.45. The fourth-order valence-corrected chi connectivity index (χ4v) is 2.22. The van der Waals surface area contributed by atoms with Crippen molar-refractivity contribution in [3.05, 3.63) is 0 Å². The molecule has 0 aromatic heterocycles. The predicted molar refractivity (Wildman–Crippen MR) is 63.9 cm³/mol. The minimum absolute atomic E-state index is 0.113. The zero-order valence-corrected chi connectivity index (χ0v) is 11.0. The summed E-state index contributed by atoms with van der Waals surface area (Å²) in [6.07, 6.45) is 2.43. The fourth-order valence-electron chi connectivity index (χ4n) is 2.22. The van der Waals surface area contributed by atoms with Crippen LogP contribution >= 0.6 is 0 Å². The van der Waals surface area contributed by atoms with Gasteiger partial charge >= 0.3 is 5.97 Å². The van der Waals surface area contributed by atoms with Gasteiger partial charge in [0.15, 0.2) is 0 Å². The van der Waals surface area contributed by atoms with Crippen molar-refractivity contribution in [2.75, 3.05) is 34.0 Å². The molecule has 0 aromatic rings. The van der Waals surface area contributed by atoms with Crippen LogP contribution in [0.5, 0.6) is 0 Å². The predicted octanol–water partition coefficient (Wildman–Crippen LogP) is 0.723. The number of rotatable bonds is 7. The summed E-state index contributed by atoms with van der Waals surface area (Å²) in [7, 11) is 3.45. The highest BCUT2D eigenvalue weighted by molar-refractivity contribution is 5.81. The smallest absolute Gasteiger partial charge is 0.326 e. The standard InChI is InChI=1S/C12H23NO4/c1-4-16-11(14)12(13-2)6-5-10(9-12)17-8-7-15-3/h10,13H,4-9H2,1-3H3. The van der Waals surface area contributed by atoms with E-state index in [-0.39, 0.29) is 12.1 Å². The quantitative estimate of drug-likeness (QED) is 0.529. The molecular formula is C12H23NO4. The van der Waals surface area contributed by atoms with Crippen molar-refractivity contribution in [3.63, 3.8) is 0 Å². The molecule has 1 rings (SSSR count). The number of likely N-dealkylation sites (N-methyl/N-ethyl adjacent to an activating group) is 1. The van der Waals surface area contributed by atoms with E-state index in [2.05, 4.69) is 5.32 Å². The van der Waals surface area contributed by atoms with Crippen LogP contribution in [0.2, 0.25) is 0 Å². The number of carbonyl (C=O) groups excluding carboxylic acids is 1. The lowest BCUT2D eigenvalue weighted by molar-refractivity contribution is -0.151. The van der Waals surface area contributed by atoms with E-state index < -0.39 is 5.54 Å². The Kier molecular flexibility index (Phi) is 5.88. The second-order valence-corrected chi connectivity index (χ2v) is 4.28. The summed E-state index contributed by atoms with van der Waals surface area (Å²) in [6.45, 7) is 3.40. The lowest BCUT2D eigenvalue weighted by Crippen LogP contribution is -2.49. The highest BCUT2D eigenvalue weighted by atomic mass is 16.5. The topological polar surface area (TPSA) is 56.8 Å². The molecule has 0 aliphatic heterocycles. The highest BCUT2D eigenvalue weighted by Crippen LogP contribution is 2.32. The van der Waals surface area contributed by atoms with Crippen LogP contribution in [0.15, 0.2) is 0 Å². The second-order valence-electron chi connectivity index (χ2n) is 4.28. The zero-order valence-electron chi connectivity index (χ0n) is 11.0. The molecule has 0 bridgehead atoms. The molecule has 1 fully saturated rings. The van der Waals surface area contributed by atoms with Crippen LogP contribution in [0.1, 0.15) is 26.2 Å². The van der Waals surface area contributed by atoms with Crippen LogP contribution in [0.25, 0.3) is 0 Å². The largest absolute Gasteiger partial charge is 0.465 e. The number of methoxy groups -OCH3 is 1. The van der Waals surface area contributed by atoms with Gasteiger partial charge in [0.25, 0.3) is 0 Å². The summed E-state index contributed by atoms with van der Waals surface area (Å²) in [5, 5.41) is 3.10. The average Bonchev–Trinajstić information content (AvgIpc) is 2.75. The third kappa shape index (κ3) is 3.66. The molecule has 17 heavy (non-hydrogen) atoms. The van der Waals surface area contributed by atoms with E-state index >= 15 is 0 Å². The zero-order chi connectivity index (χ0) is 12.7. The molecule has 0 saturated heterocycles. The van der Waals surface area contributed by atoms with Gasteiger partial charge in [-0.15, -0.1) is 0 Å². The van der Waals surface area contributed by atoms with Crippen molar-refractivity contribution in [1.29, 1.82) is 0 Å². The summed E-state index contributed by atoms with van der Waals surface area (Å²) in [4.78, 5) is 11.9. The van der Waals surface area contributed by atoms with Gasteiger partial charge in [-0.2, -0.15) is 0 Å². The van der Waals surface area contributed by atoms with Crippen molar-refractivity contribution < 1.29 is 19.0 Å². The van der Waals surface area contributed by atoms with E-state index in [4.69, 9.17) is 14.2 Å². The second kappa shape index (κ2) is 6.93. The van der Waals surface area contributed by atoms with Gasteiger partial charge in [0.05, 0.1) is 25.9 Å². The van der Waals surface area contributed by atoms with Gasteiger partial charge in [-0.3, -0.25) is 4.79 Å². The van der Waals surface area contributed by atoms with Crippen molar-refractivity contribution in [2.45, 2.75) is 37.8 Å². The van der Waals surface area contributed by atoms with Gasteiger partial charge in [-0.25, -0.2) is 0 Å². The number of ether oxygens (including phenoxy) is 3. The number of hydrogen-bond acceptors (Lipinski definition) is 5. The first-order valence-corrected chi connectivity index (χ1v) is 6.15. The van der Waals surface area contributed by atoms with E-state index in [0.717, 1.165) is 12.8 Å². The molecule has 100 valence electrons. The first kappa shape index (κ1) is 14.4. The SMILES string of the molecule is CCOC(=O)C1(NC)CCC(OCCOC)C1. The lowest BCUT2D eigenvalue weighted by Gasteiger charge is -2.26. The summed E-state index contributed by atoms with van der Waals surface area (Å²) < 4.78 is 15.7. The normalized spacial score (nSPS) is 28.3. The number of carbonyl (C=O) groups is 1. The third-order valence-electron chi connectivity index (χ3n) is 3.25. The Balaban J connectivity index is 2.46. The van der Waals surface area contributed by atoms with Crippen molar-refractivity contribution in [1.82, 2.24) is 5.32 Å². The minimum Gasteiger partial charge on any atom is -0.465 e. The number of esters is 1. The molecule has 0 amide bonds. The minimum atomic E-state index is -0.562. The molecule has 0 spiro atoms. The van der Waals surface area contributed by atoms with E-state index in [1.54, 1.807) is 14.2 Å².